The van der Waals surface area contributed by atoms with Crippen molar-refractivity contribution in [2.75, 3.05) is 20.1 Å². The van der Waals surface area contributed by atoms with Gasteiger partial charge in [-0.25, -0.2) is 9.97 Å². The molecule has 0 saturated carbocycles. The van der Waals surface area contributed by atoms with Crippen LogP contribution in [0.15, 0.2) is 66.5 Å². The van der Waals surface area contributed by atoms with E-state index < -0.39 is 0 Å². The first kappa shape index (κ1) is 26.7. The molecule has 0 fully saturated rings. The second kappa shape index (κ2) is 14.7. The summed E-state index contributed by atoms with van der Waals surface area (Å²) in [4.78, 5) is 10.5. The third kappa shape index (κ3) is 9.79. The lowest BCUT2D eigenvalue weighted by atomic mass is 9.99. The molecule has 2 rings (SSSR count). The second-order valence-electron chi connectivity index (χ2n) is 7.08. The first-order valence-electron chi connectivity index (χ1n) is 9.91. The number of allylic oxidation sites excluding steroid dienone is 5. The van der Waals surface area contributed by atoms with E-state index in [4.69, 9.17) is 5.73 Å². The van der Waals surface area contributed by atoms with Crippen molar-refractivity contribution < 1.29 is 0 Å². The van der Waals surface area contributed by atoms with Gasteiger partial charge >= 0.3 is 0 Å². The molecule has 5 nitrogen and oxygen atoms in total. The molecular formula is C25H37N5. The molecule has 30 heavy (non-hydrogen) atoms. The van der Waals surface area contributed by atoms with Gasteiger partial charge in [-0.05, 0) is 51.7 Å². The van der Waals surface area contributed by atoms with E-state index in [9.17, 15) is 0 Å². The van der Waals surface area contributed by atoms with Crippen molar-refractivity contribution >= 4 is 5.70 Å². The van der Waals surface area contributed by atoms with Crippen molar-refractivity contribution in [2.45, 2.75) is 40.5 Å². The molecule has 0 radical (unpaired) electrons. The van der Waals surface area contributed by atoms with Gasteiger partial charge in [0.05, 0.1) is 11.4 Å². The molecule has 0 amide bonds. The fourth-order valence-electron chi connectivity index (χ4n) is 2.66. The lowest BCUT2D eigenvalue weighted by molar-refractivity contribution is 0.430. The van der Waals surface area contributed by atoms with Crippen LogP contribution in [0.2, 0.25) is 0 Å². The molecule has 0 unspecified atom stereocenters. The van der Waals surface area contributed by atoms with E-state index >= 15 is 0 Å². The van der Waals surface area contributed by atoms with Crippen LogP contribution in [-0.2, 0) is 0 Å². The van der Waals surface area contributed by atoms with Crippen molar-refractivity contribution in [1.29, 1.82) is 0 Å². The third-order valence-corrected chi connectivity index (χ3v) is 4.54. The summed E-state index contributed by atoms with van der Waals surface area (Å²) in [6.45, 7) is 17.9. The summed E-state index contributed by atoms with van der Waals surface area (Å²) < 4.78 is 0. The van der Waals surface area contributed by atoms with E-state index in [1.54, 1.807) is 12.5 Å². The second-order valence-corrected chi connectivity index (χ2v) is 7.08. The summed E-state index contributed by atoms with van der Waals surface area (Å²) in [7, 11) is 2.11. The van der Waals surface area contributed by atoms with Crippen LogP contribution in [0.3, 0.4) is 0 Å². The maximum absolute atomic E-state index is 5.15. The van der Waals surface area contributed by atoms with Crippen LogP contribution in [0.25, 0.3) is 5.70 Å². The van der Waals surface area contributed by atoms with Gasteiger partial charge in [0.15, 0.2) is 0 Å². The van der Waals surface area contributed by atoms with Crippen LogP contribution in [0.4, 0.5) is 0 Å². The summed E-state index contributed by atoms with van der Waals surface area (Å²) in [5.74, 6) is 0. The third-order valence-electron chi connectivity index (χ3n) is 4.54. The Hall–Kier alpha value is -3.26. The first-order chi connectivity index (χ1) is 14.3. The molecule has 0 bridgehead atoms. The highest BCUT2D eigenvalue weighted by Gasteiger charge is 2.13. The molecule has 3 N–H and O–H groups in total. The molecular weight excluding hydrogens is 370 g/mol. The van der Waals surface area contributed by atoms with E-state index in [2.05, 4.69) is 72.3 Å². The summed E-state index contributed by atoms with van der Waals surface area (Å²) in [6, 6.07) is 0. The Kier molecular flexibility index (Phi) is 13.1. The standard InChI is InChI=1S/C19H26N4.C4H9N.C2H2/c1-14-10-18(17(4)23(5)12-14)8-6-7-9-21-16(3)19-15(2)11-20-13-22-19;1-3-4(2)5;1-2/h6,8,11,13,21H,1,3,7,9-10,12H2,2,4-5H3;3H,5H2,1-2H3;1-2H/b8-6-;4-3+;. The number of likely N-dealkylation sites (N-methyl/N-ethyl adjacent to an activating group) is 1. The van der Waals surface area contributed by atoms with Crippen LogP contribution in [0.1, 0.15) is 44.9 Å². The van der Waals surface area contributed by atoms with Crippen molar-refractivity contribution in [3.05, 3.63) is 77.7 Å². The van der Waals surface area contributed by atoms with Gasteiger partial charge in [0.2, 0.25) is 0 Å². The number of aromatic nitrogens is 2. The van der Waals surface area contributed by atoms with Crippen LogP contribution in [0, 0.1) is 19.8 Å². The highest BCUT2D eigenvalue weighted by atomic mass is 15.1. The summed E-state index contributed by atoms with van der Waals surface area (Å²) in [6.07, 6.45) is 19.6. The number of terminal acetylenes is 1. The quantitative estimate of drug-likeness (QED) is 0.411. The summed E-state index contributed by atoms with van der Waals surface area (Å²) >= 11 is 0. The minimum atomic E-state index is 0.835. The van der Waals surface area contributed by atoms with Crippen molar-refractivity contribution in [2.24, 2.45) is 5.73 Å². The zero-order valence-corrected chi connectivity index (χ0v) is 19.2. The van der Waals surface area contributed by atoms with Gasteiger partial charge in [0.25, 0.3) is 0 Å². The van der Waals surface area contributed by atoms with Gasteiger partial charge in [-0.1, -0.05) is 37.0 Å². The zero-order chi connectivity index (χ0) is 23.1. The Morgan fingerprint density at radius 1 is 1.37 bits per heavy atom. The molecule has 0 spiro atoms. The predicted octanol–water partition coefficient (Wildman–Crippen LogP) is 4.58. The minimum Gasteiger partial charge on any atom is -0.403 e. The molecule has 1 aliphatic heterocycles. The van der Waals surface area contributed by atoms with Gasteiger partial charge in [-0.15, -0.1) is 12.8 Å². The van der Waals surface area contributed by atoms with E-state index in [-0.39, 0.29) is 0 Å². The highest BCUT2D eigenvalue weighted by Crippen LogP contribution is 2.24. The molecule has 2 heterocycles. The van der Waals surface area contributed by atoms with Crippen molar-refractivity contribution in [1.82, 2.24) is 20.2 Å². The van der Waals surface area contributed by atoms with Crippen LogP contribution in [0.5, 0.6) is 0 Å². The lowest BCUT2D eigenvalue weighted by Gasteiger charge is -2.29. The predicted molar refractivity (Wildman–Crippen MR) is 130 cm³/mol. The fourth-order valence-corrected chi connectivity index (χ4v) is 2.66. The maximum Gasteiger partial charge on any atom is 0.116 e. The Morgan fingerprint density at radius 2 is 2.00 bits per heavy atom. The Bertz CT molecular complexity index is 808. The van der Waals surface area contributed by atoms with Crippen LogP contribution >= 0.6 is 0 Å². The van der Waals surface area contributed by atoms with Gasteiger partial charge < -0.3 is 16.0 Å². The summed E-state index contributed by atoms with van der Waals surface area (Å²) in [5.41, 5.74) is 12.8. The molecule has 0 aliphatic carbocycles. The van der Waals surface area contributed by atoms with Gasteiger partial charge in [-0.2, -0.15) is 0 Å². The van der Waals surface area contributed by atoms with Crippen molar-refractivity contribution in [3.8, 4) is 12.8 Å². The van der Waals surface area contributed by atoms with E-state index in [1.807, 2.05) is 26.8 Å². The molecule has 0 atom stereocenters. The van der Waals surface area contributed by atoms with E-state index in [0.717, 1.165) is 48.6 Å². The monoisotopic (exact) mass is 407 g/mol. The maximum atomic E-state index is 5.15. The topological polar surface area (TPSA) is 67.1 Å². The molecule has 1 aliphatic rings. The van der Waals surface area contributed by atoms with Crippen LogP contribution < -0.4 is 11.1 Å². The van der Waals surface area contributed by atoms with E-state index in [1.165, 1.54) is 16.8 Å². The average molecular weight is 408 g/mol. The minimum absolute atomic E-state index is 0.835. The highest BCUT2D eigenvalue weighted by molar-refractivity contribution is 5.60. The Morgan fingerprint density at radius 3 is 2.57 bits per heavy atom. The number of nitrogens with one attached hydrogen (secondary N) is 1. The number of rotatable bonds is 6. The average Bonchev–Trinajstić information content (AvgIpc) is 2.73. The normalized spacial score (nSPS) is 13.9. The van der Waals surface area contributed by atoms with Crippen LogP contribution in [-0.4, -0.2) is 35.0 Å². The number of nitrogens with two attached hydrogens (primary N) is 1. The molecule has 0 saturated heterocycles. The fraction of sp³-hybridized carbons (Fsp3) is 0.360. The SMILES string of the molecule is C#C.C/C=C(\C)N.C=C1CC(/C=C\CCNC(=C)c2ncncc2C)=C(C)N(C)C1. The molecule has 1 aromatic rings. The summed E-state index contributed by atoms with van der Waals surface area (Å²) in [5, 5.41) is 3.33. The molecule has 0 aromatic carbocycles. The molecule has 5 heteroatoms. The first-order valence-corrected chi connectivity index (χ1v) is 9.91. The largest absolute Gasteiger partial charge is 0.403 e. The van der Waals surface area contributed by atoms with Crippen molar-refractivity contribution in [3.63, 3.8) is 0 Å². The zero-order valence-electron chi connectivity index (χ0n) is 19.2. The Balaban J connectivity index is 0.00000105. The molecule has 162 valence electrons. The van der Waals surface area contributed by atoms with Gasteiger partial charge in [0, 0.05) is 37.7 Å². The lowest BCUT2D eigenvalue weighted by Crippen LogP contribution is -2.24. The number of nitrogens with zero attached hydrogens (tertiary/aromatic N) is 3. The Labute approximate surface area is 183 Å². The smallest absolute Gasteiger partial charge is 0.116 e. The number of hydrogen-bond donors (Lipinski definition) is 2. The van der Waals surface area contributed by atoms with E-state index in [0.29, 0.717) is 0 Å². The van der Waals surface area contributed by atoms with Gasteiger partial charge in [0.1, 0.15) is 6.33 Å². The molecule has 1 aromatic heterocycles. The number of hydrogen-bond acceptors (Lipinski definition) is 5. The van der Waals surface area contributed by atoms with Gasteiger partial charge in [-0.3, -0.25) is 0 Å². The number of aryl methyl sites for hydroxylation is 1.